The molecule has 10 heavy (non-hydrogen) atoms. The van der Waals surface area contributed by atoms with Gasteiger partial charge in [-0.05, 0) is 0 Å². The summed E-state index contributed by atoms with van der Waals surface area (Å²) in [6, 6.07) is 0. The van der Waals surface area contributed by atoms with Crippen molar-refractivity contribution in [3.63, 3.8) is 0 Å². The van der Waals surface area contributed by atoms with Gasteiger partial charge >= 0.3 is 48.4 Å². The standard InChI is InChI=1S/2CH2O3.Li.Na/c2*2-1(3)4;;/h2*(H2,2,3,4);;/q;;2*+1/p-2. The van der Waals surface area contributed by atoms with Crippen LogP contribution in [-0.2, 0) is 0 Å². The van der Waals surface area contributed by atoms with Crippen molar-refractivity contribution in [1.29, 1.82) is 0 Å². The van der Waals surface area contributed by atoms with Gasteiger partial charge in [0.25, 0.3) is 0 Å². The Morgan fingerprint density at radius 1 is 1.00 bits per heavy atom. The van der Waals surface area contributed by atoms with Crippen LogP contribution in [-0.4, -0.2) is 22.5 Å². The monoisotopic (exact) mass is 152 g/mol. The van der Waals surface area contributed by atoms with E-state index in [4.69, 9.17) is 30.0 Å². The first-order valence-electron chi connectivity index (χ1n) is 1.26. The van der Waals surface area contributed by atoms with Crippen LogP contribution in [0.25, 0.3) is 0 Å². The van der Waals surface area contributed by atoms with E-state index < -0.39 is 12.3 Å². The van der Waals surface area contributed by atoms with Crippen LogP contribution in [0.5, 0.6) is 0 Å². The molecule has 0 amide bonds. The SMILES string of the molecule is O=C([O-])O.O=C([O-])O.[Li+].[Na+]. The molecule has 0 saturated heterocycles. The van der Waals surface area contributed by atoms with Crippen molar-refractivity contribution in [3.8, 4) is 0 Å². The first-order valence-corrected chi connectivity index (χ1v) is 1.26. The molecular weight excluding hydrogens is 150 g/mol. The summed E-state index contributed by atoms with van der Waals surface area (Å²) >= 11 is 0. The molecule has 0 saturated carbocycles. The molecule has 0 aromatic heterocycles. The van der Waals surface area contributed by atoms with Crippen LogP contribution in [0.3, 0.4) is 0 Å². The summed E-state index contributed by atoms with van der Waals surface area (Å²) in [5.74, 6) is 0. The first-order chi connectivity index (χ1) is 3.46. The van der Waals surface area contributed by atoms with Gasteiger partial charge in [-0.25, -0.2) is 0 Å². The van der Waals surface area contributed by atoms with E-state index in [0.29, 0.717) is 0 Å². The Balaban J connectivity index is -0.0000000300. The van der Waals surface area contributed by atoms with E-state index in [9.17, 15) is 0 Å². The third-order valence-electron chi connectivity index (χ3n) is 0. The van der Waals surface area contributed by atoms with Gasteiger partial charge in [-0.3, -0.25) is 0 Å². The fourth-order valence-corrected chi connectivity index (χ4v) is 0. The molecule has 0 aliphatic rings. The summed E-state index contributed by atoms with van der Waals surface area (Å²) in [4.78, 5) is 16.9. The molecule has 0 aliphatic carbocycles. The Hall–Kier alpha value is 0.137. The van der Waals surface area contributed by atoms with Crippen molar-refractivity contribution in [2.24, 2.45) is 0 Å². The molecule has 0 bridgehead atoms. The topological polar surface area (TPSA) is 121 Å². The van der Waals surface area contributed by atoms with Crippen molar-refractivity contribution in [3.05, 3.63) is 0 Å². The molecule has 0 heterocycles. The molecule has 0 aromatic carbocycles. The van der Waals surface area contributed by atoms with E-state index in [-0.39, 0.29) is 48.4 Å². The fraction of sp³-hybridized carbons (Fsp3) is 0. The zero-order chi connectivity index (χ0) is 7.15. The minimum Gasteiger partial charge on any atom is -0.565 e. The van der Waals surface area contributed by atoms with Crippen molar-refractivity contribution >= 4 is 12.3 Å². The average molecular weight is 152 g/mol. The van der Waals surface area contributed by atoms with Crippen LogP contribution in [0.1, 0.15) is 0 Å². The van der Waals surface area contributed by atoms with Crippen LogP contribution in [0.15, 0.2) is 0 Å². The third-order valence-corrected chi connectivity index (χ3v) is 0. The molecule has 0 atom stereocenters. The van der Waals surface area contributed by atoms with E-state index in [1.54, 1.807) is 0 Å². The molecule has 2 N–H and O–H groups in total. The largest absolute Gasteiger partial charge is 1.00 e. The molecule has 0 rings (SSSR count). The molecule has 0 spiro atoms. The molecule has 8 heteroatoms. The Morgan fingerprint density at radius 2 is 1.00 bits per heavy atom. The third kappa shape index (κ3) is 22000. The van der Waals surface area contributed by atoms with Crippen LogP contribution >= 0.6 is 0 Å². The van der Waals surface area contributed by atoms with E-state index in [1.165, 1.54) is 0 Å². The minimum absolute atomic E-state index is 0. The van der Waals surface area contributed by atoms with Gasteiger partial charge in [0.1, 0.15) is 0 Å². The number of rotatable bonds is 0. The smallest absolute Gasteiger partial charge is 0.565 e. The van der Waals surface area contributed by atoms with E-state index in [2.05, 4.69) is 0 Å². The second-order valence-electron chi connectivity index (χ2n) is 0.532. The average Bonchev–Trinajstić information content (AvgIpc) is 1.25. The summed E-state index contributed by atoms with van der Waals surface area (Å²) in [7, 11) is 0. The summed E-state index contributed by atoms with van der Waals surface area (Å²) < 4.78 is 0. The second kappa shape index (κ2) is 16.1. The van der Waals surface area contributed by atoms with Gasteiger partial charge < -0.3 is 30.0 Å². The fourth-order valence-electron chi connectivity index (χ4n) is 0. The number of hydrogen-bond acceptors (Lipinski definition) is 4. The Bertz CT molecular complexity index is 73.7. The molecule has 0 unspecified atom stereocenters. The number of carbonyl (C=O) groups is 2. The first kappa shape index (κ1) is 22.5. The van der Waals surface area contributed by atoms with E-state index in [1.807, 2.05) is 0 Å². The number of carboxylic acid groups (broad SMARTS) is 4. The van der Waals surface area contributed by atoms with Crippen LogP contribution < -0.4 is 58.6 Å². The van der Waals surface area contributed by atoms with Gasteiger partial charge in [-0.15, -0.1) is 0 Å². The Morgan fingerprint density at radius 3 is 1.00 bits per heavy atom. The van der Waals surface area contributed by atoms with Crippen LogP contribution in [0.4, 0.5) is 9.59 Å². The van der Waals surface area contributed by atoms with Crippen molar-refractivity contribution in [2.45, 2.75) is 0 Å². The quantitative estimate of drug-likeness (QED) is 0.332. The van der Waals surface area contributed by atoms with Gasteiger partial charge in [0.15, 0.2) is 0 Å². The normalized spacial score (nSPS) is 4.80. The maximum atomic E-state index is 8.44. The van der Waals surface area contributed by atoms with Crippen LogP contribution in [0.2, 0.25) is 0 Å². The van der Waals surface area contributed by atoms with Gasteiger partial charge in [0.05, 0.1) is 0 Å². The summed E-state index contributed by atoms with van der Waals surface area (Å²) in [6.45, 7) is 0. The Labute approximate surface area is 90.3 Å². The maximum Gasteiger partial charge on any atom is 1.00 e. The van der Waals surface area contributed by atoms with E-state index >= 15 is 0 Å². The number of hydrogen-bond donors (Lipinski definition) is 2. The van der Waals surface area contributed by atoms with Gasteiger partial charge in [0.2, 0.25) is 12.3 Å². The Kier molecular flexibility index (Phi) is 36.1. The predicted molar refractivity (Wildman–Crippen MR) is 16.0 cm³/mol. The zero-order valence-corrected chi connectivity index (χ0v) is 7.53. The summed E-state index contributed by atoms with van der Waals surface area (Å²) in [5.41, 5.74) is 0. The van der Waals surface area contributed by atoms with E-state index in [0.717, 1.165) is 0 Å². The molecule has 6 nitrogen and oxygen atoms in total. The molecule has 48 valence electrons. The van der Waals surface area contributed by atoms with Crippen molar-refractivity contribution < 1.29 is 78.4 Å². The molecule has 0 fully saturated rings. The second-order valence-corrected chi connectivity index (χ2v) is 0.532. The van der Waals surface area contributed by atoms with Gasteiger partial charge in [-0.2, -0.15) is 0 Å². The van der Waals surface area contributed by atoms with Crippen LogP contribution in [0, 0.1) is 0 Å². The van der Waals surface area contributed by atoms with Gasteiger partial charge in [-0.1, -0.05) is 0 Å². The van der Waals surface area contributed by atoms with Crippen molar-refractivity contribution in [2.75, 3.05) is 0 Å². The molecule has 0 aliphatic heterocycles. The van der Waals surface area contributed by atoms with Gasteiger partial charge in [0, 0.05) is 0 Å². The zero-order valence-electron chi connectivity index (χ0n) is 5.53. The predicted octanol–water partition coefficient (Wildman–Crippen LogP) is -8.22. The maximum absolute atomic E-state index is 8.44. The molecular formula is C2H2LiNaO6. The summed E-state index contributed by atoms with van der Waals surface area (Å²) in [5, 5.41) is 30.6. The summed E-state index contributed by atoms with van der Waals surface area (Å²) in [6.07, 6.45) is -4.17. The molecule has 0 aromatic rings. The van der Waals surface area contributed by atoms with Crippen molar-refractivity contribution in [1.82, 2.24) is 0 Å². The molecule has 0 radical (unpaired) electrons. The minimum atomic E-state index is -2.08.